The van der Waals surface area contributed by atoms with Crippen molar-refractivity contribution in [1.29, 1.82) is 0 Å². The van der Waals surface area contributed by atoms with Crippen LogP contribution in [0, 0.1) is 0 Å². The number of fused-ring (bicyclic) bond motifs is 2. The molecule has 3 atom stereocenters. The lowest BCUT2D eigenvalue weighted by atomic mass is 9.82. The van der Waals surface area contributed by atoms with Crippen molar-refractivity contribution in [3.63, 3.8) is 0 Å². The number of amides is 1. The van der Waals surface area contributed by atoms with Crippen molar-refractivity contribution in [2.24, 2.45) is 0 Å². The Bertz CT molecular complexity index is 355. The summed E-state index contributed by atoms with van der Waals surface area (Å²) in [4.78, 5) is 17.4. The van der Waals surface area contributed by atoms with Gasteiger partial charge in [0.1, 0.15) is 0 Å². The zero-order chi connectivity index (χ0) is 14.8. The van der Waals surface area contributed by atoms with E-state index >= 15 is 0 Å². The van der Waals surface area contributed by atoms with Gasteiger partial charge in [0.2, 0.25) is 5.91 Å². The van der Waals surface area contributed by atoms with Gasteiger partial charge in [-0.2, -0.15) is 0 Å². The molecule has 2 N–H and O–H groups in total. The highest BCUT2D eigenvalue weighted by Gasteiger charge is 2.37. The van der Waals surface area contributed by atoms with Crippen LogP contribution in [0.4, 0.5) is 0 Å². The largest absolute Gasteiger partial charge is 0.352 e. The molecule has 0 aromatic carbocycles. The Morgan fingerprint density at radius 1 is 1.19 bits per heavy atom. The highest BCUT2D eigenvalue weighted by molar-refractivity contribution is 5.81. The van der Waals surface area contributed by atoms with Crippen molar-refractivity contribution in [3.05, 3.63) is 0 Å². The lowest BCUT2D eigenvalue weighted by Gasteiger charge is -2.47. The van der Waals surface area contributed by atoms with Crippen LogP contribution in [0.3, 0.4) is 0 Å². The third-order valence-corrected chi connectivity index (χ3v) is 5.76. The molecule has 0 spiro atoms. The molecule has 3 aliphatic heterocycles. The quantitative estimate of drug-likeness (QED) is 0.792. The van der Waals surface area contributed by atoms with E-state index in [1.807, 2.05) is 0 Å². The summed E-state index contributed by atoms with van der Waals surface area (Å²) in [7, 11) is 2.26. The molecule has 3 fully saturated rings. The van der Waals surface area contributed by atoms with Gasteiger partial charge in [0, 0.05) is 44.3 Å². The summed E-state index contributed by atoms with van der Waals surface area (Å²) < 4.78 is 0. The lowest BCUT2D eigenvalue weighted by Crippen LogP contribution is -2.58. The SMILES string of the molecule is CC(C(=O)NC1CC2CCCC(C1)N2C)N1CCNCC1. The molecule has 21 heavy (non-hydrogen) atoms. The zero-order valence-electron chi connectivity index (χ0n) is 13.5. The Kier molecular flexibility index (Phi) is 4.82. The minimum absolute atomic E-state index is 0.00611. The molecular formula is C16H30N4O. The number of piperidine rings is 2. The number of carbonyl (C=O) groups is 1. The highest BCUT2D eigenvalue weighted by Crippen LogP contribution is 2.32. The molecule has 5 nitrogen and oxygen atoms in total. The highest BCUT2D eigenvalue weighted by atomic mass is 16.2. The predicted molar refractivity (Wildman–Crippen MR) is 84.3 cm³/mol. The minimum atomic E-state index is 0.00611. The molecule has 3 aliphatic rings. The van der Waals surface area contributed by atoms with Gasteiger partial charge in [-0.3, -0.25) is 9.69 Å². The maximum Gasteiger partial charge on any atom is 0.237 e. The predicted octanol–water partition coefficient (Wildman–Crippen LogP) is 0.412. The summed E-state index contributed by atoms with van der Waals surface area (Å²) >= 11 is 0. The van der Waals surface area contributed by atoms with E-state index in [0.717, 1.165) is 39.0 Å². The van der Waals surface area contributed by atoms with Crippen LogP contribution < -0.4 is 10.6 Å². The summed E-state index contributed by atoms with van der Waals surface area (Å²) in [6.45, 7) is 6.00. The summed E-state index contributed by atoms with van der Waals surface area (Å²) in [5, 5.41) is 6.68. The summed E-state index contributed by atoms with van der Waals surface area (Å²) in [5.74, 6) is 0.226. The van der Waals surface area contributed by atoms with Crippen LogP contribution in [0.2, 0.25) is 0 Å². The molecule has 3 heterocycles. The topological polar surface area (TPSA) is 47.6 Å². The summed E-state index contributed by atoms with van der Waals surface area (Å²) in [6.07, 6.45) is 6.22. The van der Waals surface area contributed by atoms with Crippen molar-refractivity contribution in [1.82, 2.24) is 20.4 Å². The number of carbonyl (C=O) groups excluding carboxylic acids is 1. The average Bonchev–Trinajstić information content (AvgIpc) is 2.48. The van der Waals surface area contributed by atoms with Crippen LogP contribution in [0.1, 0.15) is 39.0 Å². The number of nitrogens with one attached hydrogen (secondary N) is 2. The van der Waals surface area contributed by atoms with Gasteiger partial charge in [0.05, 0.1) is 6.04 Å². The van der Waals surface area contributed by atoms with Gasteiger partial charge < -0.3 is 15.5 Å². The first kappa shape index (κ1) is 15.3. The van der Waals surface area contributed by atoms with Crippen LogP contribution in [0.15, 0.2) is 0 Å². The molecule has 3 saturated heterocycles. The van der Waals surface area contributed by atoms with Crippen molar-refractivity contribution in [2.75, 3.05) is 33.2 Å². The van der Waals surface area contributed by atoms with Crippen LogP contribution >= 0.6 is 0 Å². The first-order valence-corrected chi connectivity index (χ1v) is 8.62. The Labute approximate surface area is 128 Å². The third kappa shape index (κ3) is 3.41. The fraction of sp³-hybridized carbons (Fsp3) is 0.938. The number of hydrogen-bond acceptors (Lipinski definition) is 4. The van der Waals surface area contributed by atoms with Gasteiger partial charge in [-0.1, -0.05) is 6.42 Å². The molecule has 0 aliphatic carbocycles. The molecule has 0 saturated carbocycles. The number of nitrogens with zero attached hydrogens (tertiary/aromatic N) is 2. The molecule has 1 amide bonds. The molecule has 5 heteroatoms. The summed E-state index contributed by atoms with van der Waals surface area (Å²) in [6, 6.07) is 1.75. The van der Waals surface area contributed by atoms with E-state index in [1.165, 1.54) is 19.3 Å². The molecule has 3 unspecified atom stereocenters. The van der Waals surface area contributed by atoms with Gasteiger partial charge in [0.25, 0.3) is 0 Å². The van der Waals surface area contributed by atoms with E-state index in [1.54, 1.807) is 0 Å². The molecule has 2 bridgehead atoms. The average molecular weight is 294 g/mol. The zero-order valence-corrected chi connectivity index (χ0v) is 13.5. The Balaban J connectivity index is 1.52. The van der Waals surface area contributed by atoms with Crippen molar-refractivity contribution >= 4 is 5.91 Å². The van der Waals surface area contributed by atoms with E-state index in [0.29, 0.717) is 18.1 Å². The Hall–Kier alpha value is -0.650. The summed E-state index contributed by atoms with van der Waals surface area (Å²) in [5.41, 5.74) is 0. The van der Waals surface area contributed by atoms with E-state index in [9.17, 15) is 4.79 Å². The normalized spacial score (nSPS) is 36.2. The molecule has 3 rings (SSSR count). The molecular weight excluding hydrogens is 264 g/mol. The fourth-order valence-corrected chi connectivity index (χ4v) is 4.29. The second-order valence-electron chi connectivity index (χ2n) is 7.04. The molecule has 0 aromatic heterocycles. The fourth-order valence-electron chi connectivity index (χ4n) is 4.29. The maximum absolute atomic E-state index is 12.5. The second kappa shape index (κ2) is 6.63. The molecule has 120 valence electrons. The monoisotopic (exact) mass is 294 g/mol. The number of piperazine rings is 1. The Morgan fingerprint density at radius 3 is 2.43 bits per heavy atom. The van der Waals surface area contributed by atoms with Crippen LogP contribution in [0.25, 0.3) is 0 Å². The number of hydrogen-bond donors (Lipinski definition) is 2. The van der Waals surface area contributed by atoms with E-state index < -0.39 is 0 Å². The minimum Gasteiger partial charge on any atom is -0.352 e. The standard InChI is InChI=1S/C16H30N4O/c1-12(20-8-6-17-7-9-20)16(21)18-13-10-14-4-3-5-15(11-13)19(14)2/h12-15,17H,3-11H2,1-2H3,(H,18,21). The van der Waals surface area contributed by atoms with Crippen molar-refractivity contribution < 1.29 is 4.79 Å². The van der Waals surface area contributed by atoms with E-state index in [4.69, 9.17) is 0 Å². The first-order valence-electron chi connectivity index (χ1n) is 8.62. The van der Waals surface area contributed by atoms with Gasteiger partial charge in [-0.15, -0.1) is 0 Å². The Morgan fingerprint density at radius 2 is 1.81 bits per heavy atom. The molecule has 0 aromatic rings. The van der Waals surface area contributed by atoms with Gasteiger partial charge in [-0.25, -0.2) is 0 Å². The van der Waals surface area contributed by atoms with Crippen LogP contribution in [-0.2, 0) is 4.79 Å². The van der Waals surface area contributed by atoms with Crippen molar-refractivity contribution in [2.45, 2.75) is 63.2 Å². The third-order valence-electron chi connectivity index (χ3n) is 5.76. The number of rotatable bonds is 3. The van der Waals surface area contributed by atoms with Crippen molar-refractivity contribution in [3.8, 4) is 0 Å². The maximum atomic E-state index is 12.5. The van der Waals surface area contributed by atoms with Gasteiger partial charge in [0.15, 0.2) is 0 Å². The van der Waals surface area contributed by atoms with E-state index in [2.05, 4.69) is 34.4 Å². The first-order chi connectivity index (χ1) is 10.1. The second-order valence-corrected chi connectivity index (χ2v) is 7.04. The van der Waals surface area contributed by atoms with Crippen LogP contribution in [0.5, 0.6) is 0 Å². The van der Waals surface area contributed by atoms with E-state index in [-0.39, 0.29) is 11.9 Å². The van der Waals surface area contributed by atoms with Gasteiger partial charge in [-0.05, 0) is 39.7 Å². The molecule has 0 radical (unpaired) electrons. The van der Waals surface area contributed by atoms with Gasteiger partial charge >= 0.3 is 0 Å². The van der Waals surface area contributed by atoms with Crippen LogP contribution in [-0.4, -0.2) is 73.1 Å². The smallest absolute Gasteiger partial charge is 0.237 e. The lowest BCUT2D eigenvalue weighted by molar-refractivity contribution is -0.127.